The van der Waals surface area contributed by atoms with E-state index in [0.717, 1.165) is 11.9 Å². The van der Waals surface area contributed by atoms with Crippen LogP contribution in [0.4, 0.5) is 0 Å². The highest BCUT2D eigenvalue weighted by Gasteiger charge is 2.25. The number of thiocarbonyl (C=S) groups is 1. The molecule has 6 heteroatoms. The monoisotopic (exact) mass is 242 g/mol. The summed E-state index contributed by atoms with van der Waals surface area (Å²) in [6.07, 6.45) is 1.29. The molecule has 0 saturated heterocycles. The van der Waals surface area contributed by atoms with Gasteiger partial charge in [-0.2, -0.15) is 10.5 Å². The van der Waals surface area contributed by atoms with E-state index < -0.39 is 0 Å². The van der Waals surface area contributed by atoms with Gasteiger partial charge < -0.3 is 5.73 Å². The molecule has 82 valence electrons. The van der Waals surface area contributed by atoms with E-state index >= 15 is 0 Å². The predicted molar refractivity (Wildman–Crippen MR) is 65.6 cm³/mol. The first kappa shape index (κ1) is 14.2. The molecule has 0 heterocycles. The maximum absolute atomic E-state index is 8.95. The van der Waals surface area contributed by atoms with Crippen molar-refractivity contribution in [2.45, 2.75) is 38.8 Å². The third kappa shape index (κ3) is 4.48. The van der Waals surface area contributed by atoms with Gasteiger partial charge in [0.25, 0.3) is 0 Å². The fraction of sp³-hybridized carbons (Fsp3) is 0.667. The topological polar surface area (TPSA) is 76.8 Å². The van der Waals surface area contributed by atoms with E-state index in [0.29, 0.717) is 12.8 Å². The van der Waals surface area contributed by atoms with Crippen LogP contribution in [0.5, 0.6) is 0 Å². The minimum atomic E-state index is -0.332. The number of nitriles is 2. The molecule has 2 atom stereocenters. The van der Waals surface area contributed by atoms with Gasteiger partial charge in [-0.3, -0.25) is 0 Å². The second-order valence-electron chi connectivity index (χ2n) is 2.88. The van der Waals surface area contributed by atoms with Crippen molar-refractivity contribution >= 4 is 28.5 Å². The molecule has 0 aliphatic carbocycles. The number of nitrogens with two attached hydrogens (primary N) is 1. The van der Waals surface area contributed by atoms with Gasteiger partial charge in [0.15, 0.2) is 0 Å². The molecule has 0 aliphatic heterocycles. The lowest BCUT2D eigenvalue weighted by Gasteiger charge is -2.27. The molecular weight excluding hydrogens is 228 g/mol. The van der Waals surface area contributed by atoms with E-state index in [4.69, 9.17) is 28.5 Å². The third-order valence-electron chi connectivity index (χ3n) is 1.88. The Hall–Kier alpha value is -0.820. The molecular formula is C9H14N4S2. The quantitative estimate of drug-likeness (QED) is 0.585. The number of rotatable bonds is 5. The lowest BCUT2D eigenvalue weighted by molar-refractivity contribution is 0.351. The largest absolute Gasteiger partial charge is 0.384 e. The SMILES string of the molecule is CCC(C#N)N(SC(N)=S)C(C#N)CC. The summed E-state index contributed by atoms with van der Waals surface area (Å²) in [5.74, 6) is 0. The van der Waals surface area contributed by atoms with Crippen molar-refractivity contribution in [1.29, 1.82) is 10.5 Å². The van der Waals surface area contributed by atoms with Crippen molar-refractivity contribution in [3.63, 3.8) is 0 Å². The summed E-state index contributed by atoms with van der Waals surface area (Å²) in [5, 5.41) is 17.9. The summed E-state index contributed by atoms with van der Waals surface area (Å²) in [6, 6.07) is 3.63. The van der Waals surface area contributed by atoms with Crippen LogP contribution < -0.4 is 5.73 Å². The van der Waals surface area contributed by atoms with Crippen molar-refractivity contribution in [1.82, 2.24) is 4.31 Å². The molecule has 2 unspecified atom stereocenters. The van der Waals surface area contributed by atoms with Gasteiger partial charge in [-0.15, -0.1) is 0 Å². The standard InChI is InChI=1S/C9H14N4S2/c1-3-7(5-10)13(15-9(12)14)8(4-2)6-11/h7-8H,3-4H2,1-2H3,(H2,12,14). The number of hydrogen-bond acceptors (Lipinski definition) is 5. The first-order valence-electron chi connectivity index (χ1n) is 4.65. The van der Waals surface area contributed by atoms with Crippen LogP contribution in [-0.4, -0.2) is 20.7 Å². The van der Waals surface area contributed by atoms with Crippen molar-refractivity contribution < 1.29 is 0 Å². The maximum Gasteiger partial charge on any atom is 0.146 e. The average Bonchev–Trinajstić information content (AvgIpc) is 2.20. The Morgan fingerprint density at radius 2 is 1.73 bits per heavy atom. The van der Waals surface area contributed by atoms with Crippen molar-refractivity contribution in [2.75, 3.05) is 0 Å². The van der Waals surface area contributed by atoms with E-state index in [1.54, 1.807) is 4.31 Å². The van der Waals surface area contributed by atoms with Gasteiger partial charge in [0.05, 0.1) is 12.1 Å². The van der Waals surface area contributed by atoms with Gasteiger partial charge >= 0.3 is 0 Å². The van der Waals surface area contributed by atoms with Crippen LogP contribution in [0.1, 0.15) is 26.7 Å². The van der Waals surface area contributed by atoms with Crippen molar-refractivity contribution in [2.24, 2.45) is 5.73 Å². The Morgan fingerprint density at radius 3 is 1.93 bits per heavy atom. The molecule has 0 fully saturated rings. The molecule has 0 aliphatic rings. The minimum absolute atomic E-state index is 0.234. The van der Waals surface area contributed by atoms with Gasteiger partial charge in [-0.25, -0.2) is 4.31 Å². The fourth-order valence-corrected chi connectivity index (χ4v) is 2.22. The Balaban J connectivity index is 4.79. The maximum atomic E-state index is 8.95. The first-order valence-corrected chi connectivity index (χ1v) is 5.83. The summed E-state index contributed by atoms with van der Waals surface area (Å²) in [7, 11) is 0. The smallest absolute Gasteiger partial charge is 0.146 e. The van der Waals surface area contributed by atoms with Crippen LogP contribution in [-0.2, 0) is 0 Å². The van der Waals surface area contributed by atoms with Gasteiger partial charge in [-0.05, 0) is 24.8 Å². The molecule has 0 aromatic carbocycles. The van der Waals surface area contributed by atoms with Crippen LogP contribution in [0.2, 0.25) is 0 Å². The van der Waals surface area contributed by atoms with Gasteiger partial charge in [-0.1, -0.05) is 26.1 Å². The highest BCUT2D eigenvalue weighted by molar-refractivity contribution is 8.21. The molecule has 0 aromatic heterocycles. The van der Waals surface area contributed by atoms with Crippen LogP contribution in [0.3, 0.4) is 0 Å². The Morgan fingerprint density at radius 1 is 1.33 bits per heavy atom. The molecule has 2 N–H and O–H groups in total. The molecule has 4 nitrogen and oxygen atoms in total. The zero-order valence-corrected chi connectivity index (χ0v) is 10.4. The van der Waals surface area contributed by atoms with Crippen LogP contribution >= 0.6 is 24.2 Å². The second kappa shape index (κ2) is 7.47. The van der Waals surface area contributed by atoms with E-state index in [1.165, 1.54) is 0 Å². The molecule has 15 heavy (non-hydrogen) atoms. The predicted octanol–water partition coefficient (Wildman–Crippen LogP) is 1.78. The zero-order valence-electron chi connectivity index (χ0n) is 8.80. The van der Waals surface area contributed by atoms with Crippen LogP contribution in [0.25, 0.3) is 0 Å². The molecule has 0 aromatic rings. The lowest BCUT2D eigenvalue weighted by atomic mass is 10.2. The molecule has 0 radical (unpaired) electrons. The Labute approximate surface area is 100 Å². The molecule has 0 spiro atoms. The summed E-state index contributed by atoms with van der Waals surface area (Å²) in [5.41, 5.74) is 5.42. The zero-order chi connectivity index (χ0) is 11.8. The molecule has 0 rings (SSSR count). The summed E-state index contributed by atoms with van der Waals surface area (Å²) in [6.45, 7) is 3.79. The highest BCUT2D eigenvalue weighted by Crippen LogP contribution is 2.22. The molecule has 0 saturated carbocycles. The molecule has 0 amide bonds. The Bertz CT molecular complexity index is 269. The van der Waals surface area contributed by atoms with Crippen LogP contribution in [0, 0.1) is 22.7 Å². The summed E-state index contributed by atoms with van der Waals surface area (Å²) < 4.78 is 1.92. The van der Waals surface area contributed by atoms with Gasteiger partial charge in [0.2, 0.25) is 0 Å². The third-order valence-corrected chi connectivity index (χ3v) is 3.00. The van der Waals surface area contributed by atoms with E-state index in [9.17, 15) is 0 Å². The lowest BCUT2D eigenvalue weighted by Crippen LogP contribution is -2.37. The second-order valence-corrected chi connectivity index (χ2v) is 4.62. The van der Waals surface area contributed by atoms with Gasteiger partial charge in [0.1, 0.15) is 16.4 Å². The van der Waals surface area contributed by atoms with Crippen molar-refractivity contribution in [3.05, 3.63) is 0 Å². The minimum Gasteiger partial charge on any atom is -0.384 e. The summed E-state index contributed by atoms with van der Waals surface area (Å²) >= 11 is 5.89. The highest BCUT2D eigenvalue weighted by atomic mass is 32.2. The number of nitrogens with zero attached hydrogens (tertiary/aromatic N) is 3. The number of hydrogen-bond donors (Lipinski definition) is 1. The van der Waals surface area contributed by atoms with Crippen LogP contribution in [0.15, 0.2) is 0 Å². The fourth-order valence-electron chi connectivity index (χ4n) is 1.10. The van der Waals surface area contributed by atoms with E-state index in [1.807, 2.05) is 13.8 Å². The van der Waals surface area contributed by atoms with E-state index in [-0.39, 0.29) is 16.4 Å². The Kier molecular flexibility index (Phi) is 7.06. The van der Waals surface area contributed by atoms with Gasteiger partial charge in [0, 0.05) is 0 Å². The average molecular weight is 242 g/mol. The first-order chi connectivity index (χ1) is 7.10. The molecule has 0 bridgehead atoms. The summed E-state index contributed by atoms with van der Waals surface area (Å²) in [4.78, 5) is 0. The van der Waals surface area contributed by atoms with Crippen molar-refractivity contribution in [3.8, 4) is 12.1 Å². The van der Waals surface area contributed by atoms with E-state index in [2.05, 4.69) is 12.1 Å². The normalized spacial score (nSPS) is 13.9.